The Labute approximate surface area is 157 Å². The zero-order valence-corrected chi connectivity index (χ0v) is 15.9. The summed E-state index contributed by atoms with van der Waals surface area (Å²) in [6.07, 6.45) is 7.63. The van der Waals surface area contributed by atoms with Gasteiger partial charge in [0.2, 0.25) is 0 Å². The van der Waals surface area contributed by atoms with Crippen LogP contribution < -0.4 is 0 Å². The van der Waals surface area contributed by atoms with Crippen LogP contribution in [-0.4, -0.2) is 27.6 Å². The van der Waals surface area contributed by atoms with E-state index in [9.17, 15) is 4.39 Å². The number of nitrogens with zero attached hydrogens (tertiary/aromatic N) is 2. The molecule has 1 fully saturated rings. The quantitative estimate of drug-likeness (QED) is 0.604. The predicted octanol–water partition coefficient (Wildman–Crippen LogP) is 4.96. The number of aromatic nitrogens is 2. The fourth-order valence-corrected chi connectivity index (χ4v) is 4.51. The van der Waals surface area contributed by atoms with Crippen molar-refractivity contribution >= 4 is 23.5 Å². The topological polar surface area (TPSA) is 31.9 Å². The Kier molecular flexibility index (Phi) is 5.73. The van der Waals surface area contributed by atoms with E-state index in [1.807, 2.05) is 13.8 Å². The first-order valence-corrected chi connectivity index (χ1v) is 9.50. The average Bonchev–Trinajstić information content (AvgIpc) is 2.90. The van der Waals surface area contributed by atoms with Gasteiger partial charge in [0, 0.05) is 29.4 Å². The Balaban J connectivity index is 1.65. The lowest BCUT2D eigenvalue weighted by molar-refractivity contribution is 0.275. The molecule has 3 rings (SSSR count). The SMILES string of the molecule is C#CC(c1ccc(Cl)cc1F)C1CCN(Sc2c(C)n[nH]c2C)CC1. The molecule has 2 aromatic rings. The van der Waals surface area contributed by atoms with Crippen molar-refractivity contribution < 1.29 is 4.39 Å². The number of aromatic amines is 1. The van der Waals surface area contributed by atoms with E-state index in [2.05, 4.69) is 20.4 Å². The number of aryl methyl sites for hydroxylation is 2. The minimum Gasteiger partial charge on any atom is -0.281 e. The summed E-state index contributed by atoms with van der Waals surface area (Å²) in [7, 11) is 0. The number of hydrogen-bond donors (Lipinski definition) is 1. The van der Waals surface area contributed by atoms with E-state index in [-0.39, 0.29) is 17.7 Å². The predicted molar refractivity (Wildman–Crippen MR) is 101 cm³/mol. The van der Waals surface area contributed by atoms with E-state index in [4.69, 9.17) is 18.0 Å². The number of halogens is 2. The number of H-pyrrole nitrogens is 1. The molecule has 2 heterocycles. The molecule has 1 aliphatic heterocycles. The fraction of sp³-hybridized carbons (Fsp3) is 0.421. The van der Waals surface area contributed by atoms with Gasteiger partial charge < -0.3 is 0 Å². The Morgan fingerprint density at radius 3 is 2.68 bits per heavy atom. The van der Waals surface area contributed by atoms with Crippen molar-refractivity contribution in [2.75, 3.05) is 13.1 Å². The van der Waals surface area contributed by atoms with Crippen LogP contribution in [0.5, 0.6) is 0 Å². The first kappa shape index (κ1) is 18.3. The molecule has 25 heavy (non-hydrogen) atoms. The third-order valence-corrected chi connectivity index (χ3v) is 6.37. The largest absolute Gasteiger partial charge is 0.281 e. The summed E-state index contributed by atoms with van der Waals surface area (Å²) in [6.45, 7) is 5.89. The van der Waals surface area contributed by atoms with Crippen molar-refractivity contribution in [1.82, 2.24) is 14.5 Å². The minimum absolute atomic E-state index is 0.207. The Morgan fingerprint density at radius 1 is 1.40 bits per heavy atom. The molecule has 0 bridgehead atoms. The van der Waals surface area contributed by atoms with Crippen molar-refractivity contribution in [3.63, 3.8) is 0 Å². The maximum Gasteiger partial charge on any atom is 0.129 e. The van der Waals surface area contributed by atoms with Gasteiger partial charge in [0.25, 0.3) is 0 Å². The van der Waals surface area contributed by atoms with Gasteiger partial charge in [-0.05, 0) is 56.7 Å². The second-order valence-corrected chi connectivity index (χ2v) is 7.97. The van der Waals surface area contributed by atoms with Crippen LogP contribution in [0, 0.1) is 37.9 Å². The molecule has 6 heteroatoms. The molecule has 0 radical (unpaired) electrons. The molecule has 1 aromatic carbocycles. The monoisotopic (exact) mass is 377 g/mol. The van der Waals surface area contributed by atoms with E-state index in [1.54, 1.807) is 24.1 Å². The molecule has 3 nitrogen and oxygen atoms in total. The molecule has 1 aromatic heterocycles. The van der Waals surface area contributed by atoms with E-state index in [0.717, 1.165) is 37.3 Å². The highest BCUT2D eigenvalue weighted by atomic mass is 35.5. The summed E-state index contributed by atoms with van der Waals surface area (Å²) in [4.78, 5) is 1.19. The molecule has 1 N–H and O–H groups in total. The summed E-state index contributed by atoms with van der Waals surface area (Å²) in [5.74, 6) is 2.57. The molecule has 0 spiro atoms. The lowest BCUT2D eigenvalue weighted by Crippen LogP contribution is -2.31. The standard InChI is InChI=1S/C19H21ClFN3S/c1-4-16(17-6-5-15(20)11-18(17)21)14-7-9-24(10-8-14)25-19-12(2)22-23-13(19)3/h1,5-6,11,14,16H,7-10H2,2-3H3,(H,22,23). The Hall–Kier alpha value is -1.48. The molecule has 1 saturated heterocycles. The molecule has 0 saturated carbocycles. The fourth-order valence-electron chi connectivity index (χ4n) is 3.34. The molecule has 1 unspecified atom stereocenters. The summed E-state index contributed by atoms with van der Waals surface area (Å²) >= 11 is 7.60. The summed E-state index contributed by atoms with van der Waals surface area (Å²) in [5, 5.41) is 7.66. The van der Waals surface area contributed by atoms with Gasteiger partial charge in [-0.2, -0.15) is 5.10 Å². The Bertz CT molecular complexity index is 771. The van der Waals surface area contributed by atoms with E-state index >= 15 is 0 Å². The molecular formula is C19H21ClFN3S. The van der Waals surface area contributed by atoms with Crippen LogP contribution in [0.3, 0.4) is 0 Å². The molecular weight excluding hydrogens is 357 g/mol. The summed E-state index contributed by atoms with van der Waals surface area (Å²) in [5.41, 5.74) is 2.70. The maximum absolute atomic E-state index is 14.3. The van der Waals surface area contributed by atoms with Gasteiger partial charge in [-0.25, -0.2) is 8.70 Å². The van der Waals surface area contributed by atoms with Crippen molar-refractivity contribution in [3.05, 3.63) is 46.0 Å². The van der Waals surface area contributed by atoms with Crippen LogP contribution in [0.4, 0.5) is 4.39 Å². The smallest absolute Gasteiger partial charge is 0.129 e. The highest BCUT2D eigenvalue weighted by molar-refractivity contribution is 7.97. The third kappa shape index (κ3) is 4.03. The minimum atomic E-state index is -0.308. The Morgan fingerprint density at radius 2 is 2.12 bits per heavy atom. The van der Waals surface area contributed by atoms with Gasteiger partial charge in [-0.15, -0.1) is 6.42 Å². The van der Waals surface area contributed by atoms with Crippen molar-refractivity contribution in [3.8, 4) is 12.3 Å². The van der Waals surface area contributed by atoms with Crippen molar-refractivity contribution in [2.24, 2.45) is 5.92 Å². The second-order valence-electron chi connectivity index (χ2n) is 6.43. The molecule has 0 aliphatic carbocycles. The van der Waals surface area contributed by atoms with Crippen LogP contribution in [0.1, 0.15) is 35.7 Å². The number of terminal acetylenes is 1. The van der Waals surface area contributed by atoms with E-state index < -0.39 is 0 Å². The van der Waals surface area contributed by atoms with Gasteiger partial charge in [0.15, 0.2) is 0 Å². The number of nitrogens with one attached hydrogen (secondary N) is 1. The van der Waals surface area contributed by atoms with Gasteiger partial charge in [-0.1, -0.05) is 23.6 Å². The molecule has 0 amide bonds. The van der Waals surface area contributed by atoms with Crippen LogP contribution in [0.2, 0.25) is 5.02 Å². The summed E-state index contributed by atoms with van der Waals surface area (Å²) < 4.78 is 16.6. The number of rotatable bonds is 4. The highest BCUT2D eigenvalue weighted by Gasteiger charge is 2.29. The zero-order chi connectivity index (χ0) is 18.0. The third-order valence-electron chi connectivity index (χ3n) is 4.73. The first-order valence-electron chi connectivity index (χ1n) is 8.35. The zero-order valence-electron chi connectivity index (χ0n) is 14.4. The summed E-state index contributed by atoms with van der Waals surface area (Å²) in [6, 6.07) is 4.78. The molecule has 1 atom stereocenters. The second kappa shape index (κ2) is 7.82. The number of benzene rings is 1. The van der Waals surface area contributed by atoms with Crippen LogP contribution >= 0.6 is 23.5 Å². The normalized spacial score (nSPS) is 17.4. The number of hydrogen-bond acceptors (Lipinski definition) is 3. The lowest BCUT2D eigenvalue weighted by Gasteiger charge is -2.33. The van der Waals surface area contributed by atoms with E-state index in [0.29, 0.717) is 10.6 Å². The van der Waals surface area contributed by atoms with Gasteiger partial charge in [0.1, 0.15) is 5.82 Å². The van der Waals surface area contributed by atoms with Crippen molar-refractivity contribution in [2.45, 2.75) is 37.5 Å². The maximum atomic E-state index is 14.3. The van der Waals surface area contributed by atoms with E-state index in [1.165, 1.54) is 11.0 Å². The van der Waals surface area contributed by atoms with Gasteiger partial charge >= 0.3 is 0 Å². The van der Waals surface area contributed by atoms with Gasteiger partial charge in [-0.3, -0.25) is 5.10 Å². The highest BCUT2D eigenvalue weighted by Crippen LogP contribution is 2.37. The first-order chi connectivity index (χ1) is 12.0. The molecule has 1 aliphatic rings. The number of piperidine rings is 1. The van der Waals surface area contributed by atoms with Crippen LogP contribution in [0.25, 0.3) is 0 Å². The molecule has 132 valence electrons. The lowest BCUT2D eigenvalue weighted by atomic mass is 9.81. The van der Waals surface area contributed by atoms with Crippen LogP contribution in [0.15, 0.2) is 23.1 Å². The average molecular weight is 378 g/mol. The van der Waals surface area contributed by atoms with Crippen LogP contribution in [-0.2, 0) is 0 Å². The van der Waals surface area contributed by atoms with Crippen molar-refractivity contribution in [1.29, 1.82) is 0 Å². The van der Waals surface area contributed by atoms with Gasteiger partial charge in [0.05, 0.1) is 16.5 Å².